The number of carbonyl (C=O) groups is 1. The monoisotopic (exact) mass is 416 g/mol. The molecule has 2 rings (SSSR count). The van der Waals surface area contributed by atoms with Crippen molar-refractivity contribution in [1.29, 1.82) is 0 Å². The molecule has 1 aromatic carbocycles. The second kappa shape index (κ2) is 11.8. The molecule has 3 nitrogen and oxygen atoms in total. The summed E-state index contributed by atoms with van der Waals surface area (Å²) in [6.45, 7) is 13.1. The first-order chi connectivity index (χ1) is 14.2. The van der Waals surface area contributed by atoms with Crippen molar-refractivity contribution in [3.05, 3.63) is 23.8 Å². The number of benzene rings is 1. The molecule has 3 heteroatoms. The first-order valence-corrected chi connectivity index (χ1v) is 12.2. The maximum absolute atomic E-state index is 11.2. The van der Waals surface area contributed by atoms with Crippen LogP contribution in [0.15, 0.2) is 18.2 Å². The highest BCUT2D eigenvalue weighted by Gasteiger charge is 2.34. The summed E-state index contributed by atoms with van der Waals surface area (Å²) < 4.78 is 11.5. The number of carbonyl (C=O) groups excluding carboxylic acids is 1. The van der Waals surface area contributed by atoms with Gasteiger partial charge in [0.05, 0.1) is 0 Å². The molecule has 1 aromatic rings. The summed E-state index contributed by atoms with van der Waals surface area (Å²) in [5, 5.41) is 0. The Balaban J connectivity index is 1.64. The third-order valence-electron chi connectivity index (χ3n) is 6.49. The number of ether oxygens (including phenoxy) is 2. The molecule has 3 unspecified atom stereocenters. The van der Waals surface area contributed by atoms with E-state index in [0.717, 1.165) is 41.9 Å². The van der Waals surface area contributed by atoms with Crippen molar-refractivity contribution in [3.8, 4) is 11.5 Å². The van der Waals surface area contributed by atoms with Crippen LogP contribution in [0.1, 0.15) is 105 Å². The predicted molar refractivity (Wildman–Crippen MR) is 125 cm³/mol. The Bertz CT molecular complexity index is 666. The fourth-order valence-electron chi connectivity index (χ4n) is 4.67. The number of hydrogen-bond donors (Lipinski definition) is 0. The van der Waals surface area contributed by atoms with Crippen molar-refractivity contribution < 1.29 is 14.3 Å². The van der Waals surface area contributed by atoms with E-state index in [1.807, 2.05) is 18.2 Å². The molecule has 0 aromatic heterocycles. The SMILES string of the molecule is CC(=O)Oc1ccc2c(c1)CC(C)(CCCC(C)CCCC(C)CCCC(C)C)O2. The van der Waals surface area contributed by atoms with E-state index in [-0.39, 0.29) is 11.6 Å². The summed E-state index contributed by atoms with van der Waals surface area (Å²) >= 11 is 0. The number of hydrogen-bond acceptors (Lipinski definition) is 3. The molecule has 0 saturated carbocycles. The normalized spacial score (nSPS) is 20.0. The van der Waals surface area contributed by atoms with E-state index >= 15 is 0 Å². The minimum absolute atomic E-state index is 0.137. The molecule has 0 fully saturated rings. The van der Waals surface area contributed by atoms with Crippen LogP contribution in [0.2, 0.25) is 0 Å². The Morgan fingerprint density at radius 2 is 1.60 bits per heavy atom. The lowest BCUT2D eigenvalue weighted by atomic mass is 9.89. The van der Waals surface area contributed by atoms with Crippen LogP contribution in [-0.2, 0) is 11.2 Å². The van der Waals surface area contributed by atoms with Crippen LogP contribution in [0, 0.1) is 17.8 Å². The van der Waals surface area contributed by atoms with Gasteiger partial charge in [0.2, 0.25) is 0 Å². The van der Waals surface area contributed by atoms with E-state index in [1.54, 1.807) is 0 Å². The zero-order chi connectivity index (χ0) is 22.1. The van der Waals surface area contributed by atoms with Gasteiger partial charge in [0.25, 0.3) is 0 Å². The van der Waals surface area contributed by atoms with Gasteiger partial charge in [-0.2, -0.15) is 0 Å². The average Bonchev–Trinajstić information content (AvgIpc) is 2.96. The van der Waals surface area contributed by atoms with Crippen molar-refractivity contribution in [1.82, 2.24) is 0 Å². The van der Waals surface area contributed by atoms with Gasteiger partial charge in [-0.1, -0.05) is 72.6 Å². The van der Waals surface area contributed by atoms with Gasteiger partial charge < -0.3 is 9.47 Å². The molecular weight excluding hydrogens is 372 g/mol. The van der Waals surface area contributed by atoms with E-state index in [1.165, 1.54) is 58.3 Å². The zero-order valence-electron chi connectivity index (χ0n) is 20.3. The Labute approximate surface area is 184 Å². The molecule has 0 bridgehead atoms. The van der Waals surface area contributed by atoms with Crippen molar-refractivity contribution >= 4 is 5.97 Å². The van der Waals surface area contributed by atoms with Gasteiger partial charge in [-0.25, -0.2) is 0 Å². The Morgan fingerprint density at radius 3 is 2.20 bits per heavy atom. The fourth-order valence-corrected chi connectivity index (χ4v) is 4.67. The second-order valence-electron chi connectivity index (χ2n) is 10.5. The van der Waals surface area contributed by atoms with Gasteiger partial charge >= 0.3 is 5.97 Å². The van der Waals surface area contributed by atoms with Gasteiger partial charge in [-0.3, -0.25) is 4.79 Å². The first-order valence-electron chi connectivity index (χ1n) is 12.2. The third kappa shape index (κ3) is 8.70. The molecule has 170 valence electrons. The van der Waals surface area contributed by atoms with Crippen LogP contribution in [0.4, 0.5) is 0 Å². The lowest BCUT2D eigenvalue weighted by Gasteiger charge is -2.24. The molecule has 0 aliphatic carbocycles. The first kappa shape index (κ1) is 24.8. The average molecular weight is 417 g/mol. The van der Waals surface area contributed by atoms with Gasteiger partial charge in [-0.05, 0) is 55.7 Å². The quantitative estimate of drug-likeness (QED) is 0.244. The van der Waals surface area contributed by atoms with Crippen molar-refractivity contribution in [2.75, 3.05) is 0 Å². The summed E-state index contributed by atoms with van der Waals surface area (Å²) in [6.07, 6.45) is 12.7. The maximum atomic E-state index is 11.2. The van der Waals surface area contributed by atoms with Crippen LogP contribution in [-0.4, -0.2) is 11.6 Å². The highest BCUT2D eigenvalue weighted by Crippen LogP contribution is 2.40. The number of rotatable bonds is 13. The fraction of sp³-hybridized carbons (Fsp3) is 0.741. The molecule has 3 atom stereocenters. The minimum Gasteiger partial charge on any atom is -0.487 e. The lowest BCUT2D eigenvalue weighted by Crippen LogP contribution is -2.30. The molecule has 1 aliphatic rings. The van der Waals surface area contributed by atoms with Gasteiger partial charge in [0.15, 0.2) is 0 Å². The van der Waals surface area contributed by atoms with Crippen LogP contribution in [0.25, 0.3) is 0 Å². The number of esters is 1. The van der Waals surface area contributed by atoms with Crippen LogP contribution in [0.3, 0.4) is 0 Å². The third-order valence-corrected chi connectivity index (χ3v) is 6.49. The van der Waals surface area contributed by atoms with Crippen molar-refractivity contribution in [2.24, 2.45) is 17.8 Å². The maximum Gasteiger partial charge on any atom is 0.308 e. The highest BCUT2D eigenvalue weighted by atomic mass is 16.5. The predicted octanol–water partition coefficient (Wildman–Crippen LogP) is 7.74. The smallest absolute Gasteiger partial charge is 0.308 e. The van der Waals surface area contributed by atoms with Crippen LogP contribution >= 0.6 is 0 Å². The molecule has 0 saturated heterocycles. The molecule has 30 heavy (non-hydrogen) atoms. The molecule has 0 radical (unpaired) electrons. The summed E-state index contributed by atoms with van der Waals surface area (Å²) in [4.78, 5) is 11.2. The Morgan fingerprint density at radius 1 is 1.00 bits per heavy atom. The molecule has 0 spiro atoms. The minimum atomic E-state index is -0.282. The summed E-state index contributed by atoms with van der Waals surface area (Å²) in [7, 11) is 0. The molecule has 0 N–H and O–H groups in total. The van der Waals surface area contributed by atoms with E-state index < -0.39 is 0 Å². The highest BCUT2D eigenvalue weighted by molar-refractivity contribution is 5.69. The van der Waals surface area contributed by atoms with Gasteiger partial charge in [0, 0.05) is 18.9 Å². The molecule has 1 heterocycles. The van der Waals surface area contributed by atoms with Crippen LogP contribution in [0.5, 0.6) is 11.5 Å². The summed E-state index contributed by atoms with van der Waals surface area (Å²) in [5.41, 5.74) is 1.01. The number of fused-ring (bicyclic) bond motifs is 1. The van der Waals surface area contributed by atoms with E-state index in [0.29, 0.717) is 5.75 Å². The van der Waals surface area contributed by atoms with Gasteiger partial charge in [-0.15, -0.1) is 0 Å². The molecule has 0 amide bonds. The summed E-state index contributed by atoms with van der Waals surface area (Å²) in [5.74, 6) is 3.77. The van der Waals surface area contributed by atoms with Gasteiger partial charge in [0.1, 0.15) is 17.1 Å². The topological polar surface area (TPSA) is 35.5 Å². The lowest BCUT2D eigenvalue weighted by molar-refractivity contribution is -0.131. The molecule has 1 aliphatic heterocycles. The largest absolute Gasteiger partial charge is 0.487 e. The summed E-state index contributed by atoms with van der Waals surface area (Å²) in [6, 6.07) is 5.70. The zero-order valence-corrected chi connectivity index (χ0v) is 20.3. The van der Waals surface area contributed by atoms with Crippen molar-refractivity contribution in [2.45, 2.75) is 111 Å². The Hall–Kier alpha value is -1.51. The van der Waals surface area contributed by atoms with E-state index in [9.17, 15) is 4.79 Å². The molecular formula is C27H44O3. The van der Waals surface area contributed by atoms with E-state index in [2.05, 4.69) is 34.6 Å². The van der Waals surface area contributed by atoms with E-state index in [4.69, 9.17) is 9.47 Å². The standard InChI is InChI=1S/C27H44O3/c1-20(2)10-7-11-21(3)12-8-13-22(4)14-9-17-27(6)19-24-18-25(29-23(5)28)15-16-26(24)30-27/h15-16,18,20-22H,7-14,17,19H2,1-6H3. The Kier molecular flexibility index (Phi) is 9.71. The second-order valence-corrected chi connectivity index (χ2v) is 10.5. The van der Waals surface area contributed by atoms with Crippen LogP contribution < -0.4 is 9.47 Å². The van der Waals surface area contributed by atoms with Crippen molar-refractivity contribution in [3.63, 3.8) is 0 Å².